The van der Waals surface area contributed by atoms with Crippen molar-refractivity contribution in [3.63, 3.8) is 0 Å². The molecular formula is C20H27NO4. The average Bonchev–Trinajstić information content (AvgIpc) is 2.64. The monoisotopic (exact) mass is 345 g/mol. The highest BCUT2D eigenvalue weighted by atomic mass is 16.5. The minimum Gasteiger partial charge on any atom is -0.465 e. The first-order valence-electron chi connectivity index (χ1n) is 9.08. The smallest absolute Gasteiger partial charge is 0.337 e. The lowest BCUT2D eigenvalue weighted by Gasteiger charge is -2.44. The maximum atomic E-state index is 13.1. The summed E-state index contributed by atoms with van der Waals surface area (Å²) in [6.45, 7) is 2.33. The molecule has 1 aromatic carbocycles. The van der Waals surface area contributed by atoms with Crippen LogP contribution in [0.4, 0.5) is 0 Å². The Balaban J connectivity index is 1.76. The quantitative estimate of drug-likeness (QED) is 0.608. The van der Waals surface area contributed by atoms with Gasteiger partial charge in [0.1, 0.15) is 0 Å². The number of carbonyl (C=O) groups excluding carboxylic acids is 2. The van der Waals surface area contributed by atoms with E-state index in [4.69, 9.17) is 9.47 Å². The van der Waals surface area contributed by atoms with E-state index in [0.717, 1.165) is 51.6 Å². The molecule has 2 aliphatic rings. The highest BCUT2D eigenvalue weighted by molar-refractivity contribution is 5.90. The Labute approximate surface area is 149 Å². The average molecular weight is 345 g/mol. The van der Waals surface area contributed by atoms with Crippen LogP contribution >= 0.6 is 0 Å². The molecule has 3 rings (SSSR count). The summed E-state index contributed by atoms with van der Waals surface area (Å²) in [5.74, 6) is -0.00121. The normalized spacial score (nSPS) is 22.8. The van der Waals surface area contributed by atoms with E-state index in [2.05, 4.69) is 0 Å². The topological polar surface area (TPSA) is 55.8 Å². The van der Waals surface area contributed by atoms with Crippen LogP contribution in [0.15, 0.2) is 18.2 Å². The number of likely N-dealkylation sites (tertiary alicyclic amines) is 1. The zero-order valence-corrected chi connectivity index (χ0v) is 15.2. The summed E-state index contributed by atoms with van der Waals surface area (Å²) in [6.07, 6.45) is 5.40. The third-order valence-corrected chi connectivity index (χ3v) is 5.63. The molecule has 1 aliphatic heterocycles. The zero-order valence-electron chi connectivity index (χ0n) is 15.2. The van der Waals surface area contributed by atoms with Gasteiger partial charge >= 0.3 is 5.97 Å². The van der Waals surface area contributed by atoms with Gasteiger partial charge in [-0.05, 0) is 61.8 Å². The van der Waals surface area contributed by atoms with E-state index in [1.165, 1.54) is 18.2 Å². The molecule has 0 N–H and O–H groups in total. The third kappa shape index (κ3) is 3.56. The Kier molecular flexibility index (Phi) is 5.42. The summed E-state index contributed by atoms with van der Waals surface area (Å²) in [5.41, 5.74) is 2.71. The molecule has 1 heterocycles. The molecule has 136 valence electrons. The van der Waals surface area contributed by atoms with Crippen LogP contribution in [0.25, 0.3) is 0 Å². The van der Waals surface area contributed by atoms with Crippen LogP contribution in [0.2, 0.25) is 0 Å². The van der Waals surface area contributed by atoms with Crippen molar-refractivity contribution in [2.24, 2.45) is 5.41 Å². The maximum Gasteiger partial charge on any atom is 0.337 e. The van der Waals surface area contributed by atoms with Crippen LogP contribution in [0, 0.1) is 5.41 Å². The fraction of sp³-hybridized carbons (Fsp3) is 0.600. The Morgan fingerprint density at radius 3 is 2.84 bits per heavy atom. The molecule has 1 aromatic rings. The Bertz CT molecular complexity index is 657. The van der Waals surface area contributed by atoms with Crippen molar-refractivity contribution in [3.8, 4) is 0 Å². The third-order valence-electron chi connectivity index (χ3n) is 5.63. The summed E-state index contributed by atoms with van der Waals surface area (Å²) in [7, 11) is 3.09. The van der Waals surface area contributed by atoms with Crippen LogP contribution in [-0.2, 0) is 27.1 Å². The van der Waals surface area contributed by atoms with Crippen LogP contribution < -0.4 is 0 Å². The molecule has 1 spiro atoms. The van der Waals surface area contributed by atoms with Crippen LogP contribution in [-0.4, -0.2) is 50.7 Å². The molecule has 0 unspecified atom stereocenters. The van der Waals surface area contributed by atoms with Gasteiger partial charge < -0.3 is 14.4 Å². The van der Waals surface area contributed by atoms with E-state index in [0.29, 0.717) is 18.1 Å². The molecule has 25 heavy (non-hydrogen) atoms. The summed E-state index contributed by atoms with van der Waals surface area (Å²) < 4.78 is 9.92. The molecule has 1 saturated heterocycles. The second kappa shape index (κ2) is 7.56. The molecular weight excluding hydrogens is 318 g/mol. The van der Waals surface area contributed by atoms with Crippen molar-refractivity contribution in [1.29, 1.82) is 0 Å². The van der Waals surface area contributed by atoms with Crippen LogP contribution in [0.5, 0.6) is 0 Å². The molecule has 1 fully saturated rings. The van der Waals surface area contributed by atoms with E-state index in [9.17, 15) is 9.59 Å². The second-order valence-electron chi connectivity index (χ2n) is 7.17. The Morgan fingerprint density at radius 2 is 2.08 bits per heavy atom. The number of fused-ring (bicyclic) bond motifs is 1. The van der Waals surface area contributed by atoms with Gasteiger partial charge in [0.15, 0.2) is 0 Å². The van der Waals surface area contributed by atoms with E-state index in [1.54, 1.807) is 7.11 Å². The fourth-order valence-corrected chi connectivity index (χ4v) is 4.26. The number of benzene rings is 1. The number of hydrogen-bond donors (Lipinski definition) is 0. The standard InChI is InChI=1S/C20H27NO4/c1-24-12-4-11-21-10-3-8-20(19(21)23)9-7-15-13-16(18(22)25-2)5-6-17(15)14-20/h5-6,13H,3-4,7-12,14H2,1-2H3/t20-/m0/s1. The minimum atomic E-state index is -0.304. The maximum absolute atomic E-state index is 13.1. The zero-order chi connectivity index (χ0) is 17.9. The van der Waals surface area contributed by atoms with E-state index >= 15 is 0 Å². The van der Waals surface area contributed by atoms with E-state index in [-0.39, 0.29) is 11.4 Å². The van der Waals surface area contributed by atoms with Gasteiger partial charge in [0, 0.05) is 26.8 Å². The number of carbonyl (C=O) groups is 2. The number of methoxy groups -OCH3 is 2. The van der Waals surface area contributed by atoms with Crippen molar-refractivity contribution in [3.05, 3.63) is 34.9 Å². The minimum absolute atomic E-state index is 0.259. The number of hydrogen-bond acceptors (Lipinski definition) is 4. The van der Waals surface area contributed by atoms with Crippen molar-refractivity contribution >= 4 is 11.9 Å². The van der Waals surface area contributed by atoms with Gasteiger partial charge in [0.05, 0.1) is 18.1 Å². The lowest BCUT2D eigenvalue weighted by Crippen LogP contribution is -2.51. The fourth-order valence-electron chi connectivity index (χ4n) is 4.26. The molecule has 0 aromatic heterocycles. The molecule has 1 aliphatic carbocycles. The van der Waals surface area contributed by atoms with Crippen molar-refractivity contribution in [2.45, 2.75) is 38.5 Å². The van der Waals surface area contributed by atoms with Crippen molar-refractivity contribution in [1.82, 2.24) is 4.90 Å². The van der Waals surface area contributed by atoms with Crippen LogP contribution in [0.3, 0.4) is 0 Å². The van der Waals surface area contributed by atoms with Gasteiger partial charge in [-0.2, -0.15) is 0 Å². The number of piperidine rings is 1. The first-order valence-corrected chi connectivity index (χ1v) is 9.08. The highest BCUT2D eigenvalue weighted by Gasteiger charge is 2.45. The predicted molar refractivity (Wildman–Crippen MR) is 94.5 cm³/mol. The second-order valence-corrected chi connectivity index (χ2v) is 7.17. The molecule has 1 atom stereocenters. The van der Waals surface area contributed by atoms with Gasteiger partial charge in [-0.1, -0.05) is 6.07 Å². The molecule has 0 saturated carbocycles. The van der Waals surface area contributed by atoms with Gasteiger partial charge in [-0.25, -0.2) is 4.79 Å². The van der Waals surface area contributed by atoms with E-state index < -0.39 is 0 Å². The molecule has 0 bridgehead atoms. The summed E-state index contributed by atoms with van der Waals surface area (Å²) in [5, 5.41) is 0. The van der Waals surface area contributed by atoms with Gasteiger partial charge in [0.2, 0.25) is 5.91 Å². The molecule has 0 radical (unpaired) electrons. The van der Waals surface area contributed by atoms with Crippen molar-refractivity contribution < 1.29 is 19.1 Å². The number of amides is 1. The van der Waals surface area contributed by atoms with Crippen LogP contribution in [0.1, 0.15) is 47.2 Å². The number of esters is 1. The van der Waals surface area contributed by atoms with Gasteiger partial charge in [0.25, 0.3) is 0 Å². The van der Waals surface area contributed by atoms with Crippen molar-refractivity contribution in [2.75, 3.05) is 33.9 Å². The van der Waals surface area contributed by atoms with E-state index in [1.807, 2.05) is 23.1 Å². The first kappa shape index (κ1) is 17.9. The predicted octanol–water partition coefficient (Wildman–Crippen LogP) is 2.61. The lowest BCUT2D eigenvalue weighted by molar-refractivity contribution is -0.147. The number of rotatable bonds is 5. The largest absolute Gasteiger partial charge is 0.465 e. The summed E-state index contributed by atoms with van der Waals surface area (Å²) >= 11 is 0. The SMILES string of the molecule is COCCCN1CCC[C@@]2(CCc3cc(C(=O)OC)ccc3C2)C1=O. The van der Waals surface area contributed by atoms with Gasteiger partial charge in [-0.15, -0.1) is 0 Å². The molecule has 5 nitrogen and oxygen atoms in total. The molecule has 1 amide bonds. The Hall–Kier alpha value is -1.88. The Morgan fingerprint density at radius 1 is 1.24 bits per heavy atom. The summed E-state index contributed by atoms with van der Waals surface area (Å²) in [4.78, 5) is 26.9. The molecule has 5 heteroatoms. The summed E-state index contributed by atoms with van der Waals surface area (Å²) in [6, 6.07) is 5.74. The highest BCUT2D eigenvalue weighted by Crippen LogP contribution is 2.43. The number of aryl methyl sites for hydroxylation is 1. The first-order chi connectivity index (χ1) is 12.1. The number of nitrogens with zero attached hydrogens (tertiary/aromatic N) is 1. The number of ether oxygens (including phenoxy) is 2. The van der Waals surface area contributed by atoms with Gasteiger partial charge in [-0.3, -0.25) is 4.79 Å². The lowest BCUT2D eigenvalue weighted by atomic mass is 9.66.